The van der Waals surface area contributed by atoms with Gasteiger partial charge in [-0.3, -0.25) is 0 Å². The van der Waals surface area contributed by atoms with Crippen LogP contribution in [0.4, 0.5) is 17.1 Å². The molecule has 6 aromatic carbocycles. The average Bonchev–Trinajstić information content (AvgIpc) is 3.61. The van der Waals surface area contributed by atoms with E-state index >= 15 is 0 Å². The summed E-state index contributed by atoms with van der Waals surface area (Å²) < 4.78 is 0. The molecule has 0 unspecified atom stereocenters. The fraction of sp³-hybridized carbons (Fsp3) is 0.184. The first-order valence-electron chi connectivity index (χ1n) is 18.3. The van der Waals surface area contributed by atoms with Crippen LogP contribution in [0.3, 0.4) is 0 Å². The van der Waals surface area contributed by atoms with Crippen molar-refractivity contribution in [3.63, 3.8) is 0 Å². The van der Waals surface area contributed by atoms with Gasteiger partial charge in [-0.25, -0.2) is 4.79 Å². The highest BCUT2D eigenvalue weighted by Crippen LogP contribution is 2.59. The maximum absolute atomic E-state index is 11.6. The highest BCUT2D eigenvalue weighted by atomic mass is 16.4. The summed E-state index contributed by atoms with van der Waals surface area (Å²) in [7, 11) is 0. The highest BCUT2D eigenvalue weighted by molar-refractivity contribution is 5.97. The van der Waals surface area contributed by atoms with Crippen molar-refractivity contribution in [2.45, 2.75) is 57.8 Å². The van der Waals surface area contributed by atoms with Crippen molar-refractivity contribution in [3.8, 4) is 39.4 Å². The Morgan fingerprint density at radius 2 is 0.925 bits per heavy atom. The van der Waals surface area contributed by atoms with E-state index in [4.69, 9.17) is 0 Å². The van der Waals surface area contributed by atoms with Gasteiger partial charge in [0, 0.05) is 33.3 Å². The van der Waals surface area contributed by atoms with E-state index in [1.165, 1.54) is 67.3 Å². The zero-order valence-corrected chi connectivity index (χ0v) is 30.9. The van der Waals surface area contributed by atoms with E-state index in [1.807, 2.05) is 12.1 Å². The molecule has 0 aliphatic heterocycles. The second-order valence-corrected chi connectivity index (χ2v) is 16.3. The molecule has 0 bridgehead atoms. The number of hydrogen-bond acceptors (Lipinski definition) is 3. The van der Waals surface area contributed by atoms with Crippen molar-refractivity contribution >= 4 is 29.1 Å². The van der Waals surface area contributed by atoms with Crippen LogP contribution in [0, 0.1) is 11.3 Å². The monoisotopic (exact) mass is 688 g/mol. The van der Waals surface area contributed by atoms with Gasteiger partial charge in [-0.15, -0.1) is 0 Å². The van der Waals surface area contributed by atoms with Crippen LogP contribution in [-0.2, 0) is 21.0 Å². The van der Waals surface area contributed by atoms with E-state index in [0.717, 1.165) is 28.2 Å². The number of benzene rings is 6. The Kier molecular flexibility index (Phi) is 6.89. The molecule has 6 aromatic rings. The molecule has 0 radical (unpaired) electrons. The fourth-order valence-corrected chi connectivity index (χ4v) is 9.33. The maximum atomic E-state index is 11.6. The summed E-state index contributed by atoms with van der Waals surface area (Å²) in [5.74, 6) is -1.22. The number of nitrogens with zero attached hydrogens (tertiary/aromatic N) is 2. The lowest BCUT2D eigenvalue weighted by Crippen LogP contribution is -2.17. The fourth-order valence-electron chi connectivity index (χ4n) is 9.33. The summed E-state index contributed by atoms with van der Waals surface area (Å²) in [6.45, 7) is 13.9. The van der Waals surface area contributed by atoms with Gasteiger partial charge in [-0.1, -0.05) is 102 Å². The number of fused-ring (bicyclic) bond motifs is 9. The average molecular weight is 689 g/mol. The van der Waals surface area contributed by atoms with Crippen molar-refractivity contribution in [2.75, 3.05) is 4.90 Å². The lowest BCUT2D eigenvalue weighted by atomic mass is 9.78. The number of rotatable bonds is 5. The van der Waals surface area contributed by atoms with E-state index in [9.17, 15) is 15.2 Å². The molecule has 0 atom stereocenters. The lowest BCUT2D eigenvalue weighted by Gasteiger charge is -2.28. The standard InChI is InChI=1S/C49H40N2O2/c1-47(2)40-22-29(21-30(28-50)46(52)53)17-19-34(40)36-24-44-38(26-42(36)47)39-27-43-37(25-45(39)49(44,5)6)35-20-18-33(23-41(35)48(43,3)4)51(31-13-9-7-10-14-31)32-15-11-8-12-16-32/h7-27H,1-6H3,(H,52,53)/b30-21-. The van der Waals surface area contributed by atoms with E-state index in [1.54, 1.807) is 0 Å². The number of carbonyl (C=O) groups is 1. The third-order valence-electron chi connectivity index (χ3n) is 12.2. The van der Waals surface area contributed by atoms with Crippen molar-refractivity contribution < 1.29 is 9.90 Å². The number of anilines is 3. The Bertz CT molecular complexity index is 2580. The van der Waals surface area contributed by atoms with Gasteiger partial charge in [0.2, 0.25) is 0 Å². The van der Waals surface area contributed by atoms with Crippen molar-refractivity contribution in [1.29, 1.82) is 5.26 Å². The van der Waals surface area contributed by atoms with Crippen molar-refractivity contribution in [1.82, 2.24) is 0 Å². The molecule has 1 N–H and O–H groups in total. The van der Waals surface area contributed by atoms with Crippen LogP contribution in [0.15, 0.2) is 127 Å². The van der Waals surface area contributed by atoms with E-state index in [0.29, 0.717) is 0 Å². The van der Waals surface area contributed by atoms with Gasteiger partial charge in [0.15, 0.2) is 0 Å². The summed E-state index contributed by atoms with van der Waals surface area (Å²) in [6.07, 6.45) is 1.46. The van der Waals surface area contributed by atoms with Crippen LogP contribution < -0.4 is 4.90 Å². The molecule has 3 aliphatic rings. The first-order chi connectivity index (χ1) is 25.3. The second-order valence-electron chi connectivity index (χ2n) is 16.3. The summed E-state index contributed by atoms with van der Waals surface area (Å²) in [6, 6.07) is 45.8. The Morgan fingerprint density at radius 1 is 0.528 bits per heavy atom. The predicted octanol–water partition coefficient (Wildman–Crippen LogP) is 12.1. The quantitative estimate of drug-likeness (QED) is 0.145. The third-order valence-corrected chi connectivity index (χ3v) is 12.2. The van der Waals surface area contributed by atoms with Crippen LogP contribution >= 0.6 is 0 Å². The van der Waals surface area contributed by atoms with Gasteiger partial charge in [-0.05, 0) is 139 Å². The molecule has 0 spiro atoms. The van der Waals surface area contributed by atoms with E-state index < -0.39 is 5.97 Å². The molecule has 53 heavy (non-hydrogen) atoms. The summed E-state index contributed by atoms with van der Waals surface area (Å²) in [4.78, 5) is 13.9. The normalized spacial score (nSPS) is 16.1. The minimum Gasteiger partial charge on any atom is -0.477 e. The minimum atomic E-state index is -1.22. The van der Waals surface area contributed by atoms with Gasteiger partial charge in [0.25, 0.3) is 0 Å². The third kappa shape index (κ3) is 4.63. The summed E-state index contributed by atoms with van der Waals surface area (Å²) >= 11 is 0. The number of carboxylic acid groups (broad SMARTS) is 1. The van der Waals surface area contributed by atoms with Gasteiger partial charge in [-0.2, -0.15) is 5.26 Å². The molecule has 9 rings (SSSR count). The molecular weight excluding hydrogens is 649 g/mol. The summed E-state index contributed by atoms with van der Waals surface area (Å²) in [5.41, 5.74) is 18.5. The molecular formula is C49H40N2O2. The summed E-state index contributed by atoms with van der Waals surface area (Å²) in [5, 5.41) is 18.8. The van der Waals surface area contributed by atoms with Crippen molar-refractivity contribution in [2.24, 2.45) is 0 Å². The van der Waals surface area contributed by atoms with Gasteiger partial charge >= 0.3 is 5.97 Å². The molecule has 0 heterocycles. The Labute approximate surface area is 311 Å². The molecule has 4 heteroatoms. The van der Waals surface area contributed by atoms with Gasteiger partial charge in [0.1, 0.15) is 11.6 Å². The molecule has 0 saturated carbocycles. The molecule has 0 fully saturated rings. The lowest BCUT2D eigenvalue weighted by molar-refractivity contribution is -0.132. The number of carboxylic acids is 1. The molecule has 0 saturated heterocycles. The van der Waals surface area contributed by atoms with Crippen LogP contribution in [0.5, 0.6) is 0 Å². The number of hydrogen-bond donors (Lipinski definition) is 1. The minimum absolute atomic E-state index is 0.211. The SMILES string of the molecule is CC1(C)c2cc(/C=C(/C#N)C(=O)O)ccc2-c2cc3c(cc21)-c1cc2c(cc1C3(C)C)-c1ccc(N(c3ccccc3)c3ccccc3)cc1C2(C)C. The van der Waals surface area contributed by atoms with Gasteiger partial charge < -0.3 is 10.0 Å². The highest BCUT2D eigenvalue weighted by Gasteiger charge is 2.44. The molecule has 258 valence electrons. The molecule has 0 amide bonds. The second kappa shape index (κ2) is 11.2. The van der Waals surface area contributed by atoms with E-state index in [2.05, 4.69) is 162 Å². The number of para-hydroxylation sites is 2. The van der Waals surface area contributed by atoms with Crippen molar-refractivity contribution in [3.05, 3.63) is 166 Å². The Hall–Kier alpha value is -6.18. The molecule has 4 nitrogen and oxygen atoms in total. The largest absolute Gasteiger partial charge is 0.477 e. The molecule has 0 aromatic heterocycles. The first-order valence-corrected chi connectivity index (χ1v) is 18.3. The Balaban J connectivity index is 1.15. The predicted molar refractivity (Wildman–Crippen MR) is 215 cm³/mol. The number of nitriles is 1. The van der Waals surface area contributed by atoms with Crippen LogP contribution in [-0.4, -0.2) is 11.1 Å². The zero-order valence-electron chi connectivity index (χ0n) is 30.9. The first kappa shape index (κ1) is 32.7. The van der Waals surface area contributed by atoms with E-state index in [-0.39, 0.29) is 21.8 Å². The zero-order chi connectivity index (χ0) is 37.0. The van der Waals surface area contributed by atoms with Crippen LogP contribution in [0.25, 0.3) is 39.5 Å². The van der Waals surface area contributed by atoms with Crippen LogP contribution in [0.1, 0.15) is 80.5 Å². The Morgan fingerprint density at radius 3 is 1.36 bits per heavy atom. The van der Waals surface area contributed by atoms with Crippen LogP contribution in [0.2, 0.25) is 0 Å². The topological polar surface area (TPSA) is 64.3 Å². The maximum Gasteiger partial charge on any atom is 0.346 e. The number of aliphatic carboxylic acids is 1. The van der Waals surface area contributed by atoms with Gasteiger partial charge in [0.05, 0.1) is 0 Å². The molecule has 3 aliphatic carbocycles. The smallest absolute Gasteiger partial charge is 0.346 e.